The Hall–Kier alpha value is -0.400. The third kappa shape index (κ3) is 3.35. The molecule has 0 aliphatic carbocycles. The van der Waals surface area contributed by atoms with Gasteiger partial charge in [-0.15, -0.1) is 0 Å². The number of ether oxygens (including phenoxy) is 3. The van der Waals surface area contributed by atoms with Gasteiger partial charge in [-0.2, -0.15) is 0 Å². The summed E-state index contributed by atoms with van der Waals surface area (Å²) < 4.78 is 15.1. The summed E-state index contributed by atoms with van der Waals surface area (Å²) >= 11 is 0. The summed E-state index contributed by atoms with van der Waals surface area (Å²) in [6.07, 6.45) is -13.2. The molecule has 7 N–H and O–H groups in total. The number of hydrogen-bond donors (Lipinski definition) is 7. The summed E-state index contributed by atoms with van der Waals surface area (Å²) in [6, 6.07) is 0. The highest BCUT2D eigenvalue weighted by atomic mass is 16.7. The molecule has 10 nitrogen and oxygen atoms in total. The summed E-state index contributed by atoms with van der Waals surface area (Å²) in [5, 5.41) is 66.5. The fourth-order valence-corrected chi connectivity index (χ4v) is 2.25. The van der Waals surface area contributed by atoms with E-state index in [0.29, 0.717) is 0 Å². The van der Waals surface area contributed by atoms with Crippen molar-refractivity contribution in [3.63, 3.8) is 0 Å². The fraction of sp³-hybridized carbons (Fsp3) is 1.00. The van der Waals surface area contributed by atoms with Crippen LogP contribution >= 0.6 is 0 Å². The quantitative estimate of drug-likeness (QED) is 0.268. The van der Waals surface area contributed by atoms with Crippen molar-refractivity contribution in [3.05, 3.63) is 0 Å². The van der Waals surface area contributed by atoms with Crippen molar-refractivity contribution in [2.45, 2.75) is 55.3 Å². The molecule has 9 atom stereocenters. The smallest absolute Gasteiger partial charge is 0.187 e. The maximum atomic E-state index is 9.78. The lowest BCUT2D eigenvalue weighted by Gasteiger charge is -2.43. The van der Waals surface area contributed by atoms with Gasteiger partial charge in [0.05, 0.1) is 13.2 Å². The van der Waals surface area contributed by atoms with Gasteiger partial charge in [0.25, 0.3) is 0 Å². The van der Waals surface area contributed by atoms with Gasteiger partial charge >= 0.3 is 0 Å². The molecule has 0 amide bonds. The number of aliphatic hydroxyl groups is 7. The van der Waals surface area contributed by atoms with Crippen LogP contribution in [0.25, 0.3) is 0 Å². The molecule has 124 valence electrons. The van der Waals surface area contributed by atoms with E-state index in [0.717, 1.165) is 0 Å². The molecule has 2 rings (SSSR count). The van der Waals surface area contributed by atoms with Crippen molar-refractivity contribution in [1.82, 2.24) is 0 Å². The molecule has 0 aromatic carbocycles. The Labute approximate surface area is 119 Å². The molecule has 0 aromatic heterocycles. The number of aliphatic hydroxyl groups excluding tert-OH is 7. The number of hydrogen-bond acceptors (Lipinski definition) is 10. The SMILES string of the molecule is OC[C@H]1O[C@@H](O[C@H]2CO[C@@H](O)[C@H](O)[C@H]2O)[C@H](O)[C@@H](O)[C@@H]1O. The zero-order valence-corrected chi connectivity index (χ0v) is 11.0. The van der Waals surface area contributed by atoms with Gasteiger partial charge in [-0.3, -0.25) is 0 Å². The van der Waals surface area contributed by atoms with Gasteiger partial charge in [0, 0.05) is 0 Å². The second kappa shape index (κ2) is 6.79. The standard InChI is InChI=1S/C11H20O10/c12-1-3-5(13)7(15)9(17)11(20-3)21-4-2-19-10(18)8(16)6(4)14/h3-18H,1-2H2/t3-,4+,5-,6+,7+,8-,9-,10-,11+/m1/s1. The van der Waals surface area contributed by atoms with E-state index in [-0.39, 0.29) is 6.61 Å². The van der Waals surface area contributed by atoms with Crippen molar-refractivity contribution < 1.29 is 50.0 Å². The van der Waals surface area contributed by atoms with Crippen LogP contribution in [-0.2, 0) is 14.2 Å². The zero-order chi connectivity index (χ0) is 15.7. The predicted octanol–water partition coefficient (Wildman–Crippen LogP) is -4.76. The normalized spacial score (nSPS) is 51.9. The molecule has 2 fully saturated rings. The maximum Gasteiger partial charge on any atom is 0.187 e. The topological polar surface area (TPSA) is 169 Å². The van der Waals surface area contributed by atoms with Crippen LogP contribution in [-0.4, -0.2) is 104 Å². The minimum atomic E-state index is -1.63. The summed E-state index contributed by atoms with van der Waals surface area (Å²) in [4.78, 5) is 0. The van der Waals surface area contributed by atoms with Crippen LogP contribution in [0.4, 0.5) is 0 Å². The average Bonchev–Trinajstić information content (AvgIpc) is 2.48. The van der Waals surface area contributed by atoms with Gasteiger partial charge in [-0.25, -0.2) is 0 Å². The molecule has 21 heavy (non-hydrogen) atoms. The zero-order valence-electron chi connectivity index (χ0n) is 11.0. The summed E-state index contributed by atoms with van der Waals surface area (Å²) in [6.45, 7) is -0.899. The third-order valence-corrected chi connectivity index (χ3v) is 3.61. The second-order valence-electron chi connectivity index (χ2n) is 5.08. The minimum Gasteiger partial charge on any atom is -0.394 e. The lowest BCUT2D eigenvalue weighted by Crippen LogP contribution is -2.62. The predicted molar refractivity (Wildman–Crippen MR) is 62.6 cm³/mol. The highest BCUT2D eigenvalue weighted by Gasteiger charge is 2.47. The summed E-state index contributed by atoms with van der Waals surface area (Å²) in [5.74, 6) is 0. The molecule has 2 heterocycles. The van der Waals surface area contributed by atoms with Crippen molar-refractivity contribution in [1.29, 1.82) is 0 Å². The molecule has 2 aliphatic heterocycles. The molecule has 0 spiro atoms. The molecule has 2 saturated heterocycles. The van der Waals surface area contributed by atoms with E-state index >= 15 is 0 Å². The minimum absolute atomic E-state index is 0.283. The van der Waals surface area contributed by atoms with Gasteiger partial charge in [0.2, 0.25) is 0 Å². The van der Waals surface area contributed by atoms with Gasteiger partial charge in [-0.05, 0) is 0 Å². The Kier molecular flexibility index (Phi) is 5.48. The van der Waals surface area contributed by atoms with Crippen molar-refractivity contribution >= 4 is 0 Å². The molecule has 10 heteroatoms. The first-order chi connectivity index (χ1) is 9.86. The van der Waals surface area contributed by atoms with E-state index in [1.54, 1.807) is 0 Å². The molecule has 0 radical (unpaired) electrons. The molecule has 0 unspecified atom stereocenters. The number of rotatable bonds is 3. The van der Waals surface area contributed by atoms with Crippen LogP contribution in [0.3, 0.4) is 0 Å². The Morgan fingerprint density at radius 2 is 1.52 bits per heavy atom. The first-order valence-electron chi connectivity index (χ1n) is 6.48. The molecule has 0 bridgehead atoms. The Morgan fingerprint density at radius 1 is 0.857 bits per heavy atom. The van der Waals surface area contributed by atoms with Crippen molar-refractivity contribution in [2.75, 3.05) is 13.2 Å². The molecular weight excluding hydrogens is 292 g/mol. The lowest BCUT2D eigenvalue weighted by molar-refractivity contribution is -0.340. The highest BCUT2D eigenvalue weighted by molar-refractivity contribution is 4.91. The Bertz CT molecular complexity index is 339. The van der Waals surface area contributed by atoms with Crippen LogP contribution in [0.2, 0.25) is 0 Å². The van der Waals surface area contributed by atoms with Crippen LogP contribution < -0.4 is 0 Å². The van der Waals surface area contributed by atoms with Crippen LogP contribution in [0, 0.1) is 0 Å². The highest BCUT2D eigenvalue weighted by Crippen LogP contribution is 2.25. The van der Waals surface area contributed by atoms with E-state index < -0.39 is 61.9 Å². The molecule has 0 saturated carbocycles. The third-order valence-electron chi connectivity index (χ3n) is 3.61. The van der Waals surface area contributed by atoms with E-state index in [9.17, 15) is 30.6 Å². The lowest BCUT2D eigenvalue weighted by atomic mass is 9.99. The molecule has 0 aromatic rings. The van der Waals surface area contributed by atoms with E-state index in [4.69, 9.17) is 19.3 Å². The van der Waals surface area contributed by atoms with E-state index in [2.05, 4.69) is 0 Å². The summed E-state index contributed by atoms with van der Waals surface area (Å²) in [7, 11) is 0. The monoisotopic (exact) mass is 312 g/mol. The fourth-order valence-electron chi connectivity index (χ4n) is 2.25. The molecular formula is C11H20O10. The first-order valence-corrected chi connectivity index (χ1v) is 6.48. The molecule has 2 aliphatic rings. The summed E-state index contributed by atoms with van der Waals surface area (Å²) in [5.41, 5.74) is 0. The Balaban J connectivity index is 2.01. The van der Waals surface area contributed by atoms with E-state index in [1.807, 2.05) is 0 Å². The first kappa shape index (κ1) is 17.0. The van der Waals surface area contributed by atoms with Crippen LogP contribution in [0.1, 0.15) is 0 Å². The Morgan fingerprint density at radius 3 is 2.14 bits per heavy atom. The van der Waals surface area contributed by atoms with Gasteiger partial charge < -0.3 is 50.0 Å². The van der Waals surface area contributed by atoms with Gasteiger partial charge in [0.15, 0.2) is 12.6 Å². The van der Waals surface area contributed by atoms with Crippen LogP contribution in [0.15, 0.2) is 0 Å². The maximum absolute atomic E-state index is 9.78. The second-order valence-corrected chi connectivity index (χ2v) is 5.08. The van der Waals surface area contributed by atoms with Gasteiger partial charge in [-0.1, -0.05) is 0 Å². The average molecular weight is 312 g/mol. The van der Waals surface area contributed by atoms with Crippen LogP contribution in [0.5, 0.6) is 0 Å². The largest absolute Gasteiger partial charge is 0.394 e. The van der Waals surface area contributed by atoms with Crippen molar-refractivity contribution in [3.8, 4) is 0 Å². The van der Waals surface area contributed by atoms with Gasteiger partial charge in [0.1, 0.15) is 42.7 Å². The van der Waals surface area contributed by atoms with Crippen molar-refractivity contribution in [2.24, 2.45) is 0 Å². The van der Waals surface area contributed by atoms with E-state index in [1.165, 1.54) is 0 Å².